The topological polar surface area (TPSA) is 75.0 Å². The molecule has 0 bridgehead atoms. The molecule has 27 heavy (non-hydrogen) atoms. The van der Waals surface area contributed by atoms with Gasteiger partial charge in [-0.25, -0.2) is 4.79 Å². The molecular weight excluding hydrogens is 348 g/mol. The second-order valence-electron chi connectivity index (χ2n) is 6.05. The van der Waals surface area contributed by atoms with Crippen molar-refractivity contribution in [3.05, 3.63) is 64.0 Å². The molecule has 0 saturated carbocycles. The Bertz CT molecular complexity index is 1030. The standard InChI is InChI=1S/C21H20O6/c1-4-24-20(22)12-25-15-7-8-16-18(10-15)26-11-19(21(16)23)27-17-9-13(2)5-6-14(17)3/h5-11H,4,12H2,1-3H3. The Morgan fingerprint density at radius 3 is 2.67 bits per heavy atom. The lowest BCUT2D eigenvalue weighted by Gasteiger charge is -2.10. The van der Waals surface area contributed by atoms with Crippen LogP contribution in [0.5, 0.6) is 17.2 Å². The van der Waals surface area contributed by atoms with Gasteiger partial charge in [0.05, 0.1) is 12.0 Å². The zero-order chi connectivity index (χ0) is 19.4. The van der Waals surface area contributed by atoms with Gasteiger partial charge in [-0.05, 0) is 50.1 Å². The van der Waals surface area contributed by atoms with Crippen LogP contribution in [0, 0.1) is 13.8 Å². The lowest BCUT2D eigenvalue weighted by atomic mass is 10.1. The number of hydrogen-bond donors (Lipinski definition) is 0. The number of carbonyl (C=O) groups is 1. The highest BCUT2D eigenvalue weighted by Gasteiger charge is 2.12. The molecule has 0 aliphatic carbocycles. The number of rotatable bonds is 6. The third-order valence-corrected chi connectivity index (χ3v) is 3.94. The first-order valence-electron chi connectivity index (χ1n) is 8.57. The van der Waals surface area contributed by atoms with Crippen LogP contribution >= 0.6 is 0 Å². The van der Waals surface area contributed by atoms with Crippen LogP contribution in [0.1, 0.15) is 18.1 Å². The molecule has 0 saturated heterocycles. The van der Waals surface area contributed by atoms with Gasteiger partial charge in [-0.3, -0.25) is 4.79 Å². The van der Waals surface area contributed by atoms with E-state index >= 15 is 0 Å². The Morgan fingerprint density at radius 2 is 1.89 bits per heavy atom. The van der Waals surface area contributed by atoms with Gasteiger partial charge in [0.2, 0.25) is 11.2 Å². The molecule has 0 atom stereocenters. The van der Waals surface area contributed by atoms with E-state index in [2.05, 4.69) is 0 Å². The highest BCUT2D eigenvalue weighted by molar-refractivity contribution is 5.79. The van der Waals surface area contributed by atoms with Gasteiger partial charge in [0.15, 0.2) is 6.61 Å². The van der Waals surface area contributed by atoms with Gasteiger partial charge in [-0.2, -0.15) is 0 Å². The molecule has 140 valence electrons. The molecule has 1 aromatic heterocycles. The third-order valence-electron chi connectivity index (χ3n) is 3.94. The van der Waals surface area contributed by atoms with Gasteiger partial charge < -0.3 is 18.6 Å². The average molecular weight is 368 g/mol. The number of benzene rings is 2. The minimum absolute atomic E-state index is 0.108. The van der Waals surface area contributed by atoms with Crippen LogP contribution in [0.25, 0.3) is 11.0 Å². The van der Waals surface area contributed by atoms with E-state index in [0.717, 1.165) is 11.1 Å². The van der Waals surface area contributed by atoms with Crippen LogP contribution < -0.4 is 14.9 Å². The first-order chi connectivity index (χ1) is 13.0. The molecule has 2 aromatic carbocycles. The van der Waals surface area contributed by atoms with Crippen molar-refractivity contribution in [2.24, 2.45) is 0 Å². The highest BCUT2D eigenvalue weighted by Crippen LogP contribution is 2.26. The van der Waals surface area contributed by atoms with E-state index < -0.39 is 5.97 Å². The van der Waals surface area contributed by atoms with E-state index in [1.54, 1.807) is 25.1 Å². The molecule has 0 aliphatic heterocycles. The number of ether oxygens (including phenoxy) is 3. The number of aryl methyl sites for hydroxylation is 2. The van der Waals surface area contributed by atoms with E-state index in [1.165, 1.54) is 6.26 Å². The molecule has 6 nitrogen and oxygen atoms in total. The molecular formula is C21H20O6. The molecule has 0 amide bonds. The quantitative estimate of drug-likeness (QED) is 0.609. The molecule has 1 heterocycles. The van der Waals surface area contributed by atoms with Crippen molar-refractivity contribution in [2.45, 2.75) is 20.8 Å². The lowest BCUT2D eigenvalue weighted by molar-refractivity contribution is -0.145. The van der Waals surface area contributed by atoms with Crippen molar-refractivity contribution in [2.75, 3.05) is 13.2 Å². The van der Waals surface area contributed by atoms with E-state index in [-0.39, 0.29) is 24.4 Å². The molecule has 0 N–H and O–H groups in total. The predicted molar refractivity (Wildman–Crippen MR) is 101 cm³/mol. The summed E-state index contributed by atoms with van der Waals surface area (Å²) in [5.41, 5.74) is 2.01. The van der Waals surface area contributed by atoms with Crippen LogP contribution in [0.2, 0.25) is 0 Å². The summed E-state index contributed by atoms with van der Waals surface area (Å²) in [6, 6.07) is 10.5. The average Bonchev–Trinajstić information content (AvgIpc) is 2.65. The largest absolute Gasteiger partial charge is 0.482 e. The number of carbonyl (C=O) groups excluding carboxylic acids is 1. The van der Waals surface area contributed by atoms with E-state index in [4.69, 9.17) is 18.6 Å². The maximum atomic E-state index is 12.7. The minimum atomic E-state index is -0.462. The zero-order valence-electron chi connectivity index (χ0n) is 15.4. The number of fused-ring (bicyclic) bond motifs is 1. The van der Waals surface area contributed by atoms with Crippen molar-refractivity contribution in [1.29, 1.82) is 0 Å². The fourth-order valence-corrected chi connectivity index (χ4v) is 2.53. The van der Waals surface area contributed by atoms with E-state index in [9.17, 15) is 9.59 Å². The molecule has 0 fully saturated rings. The van der Waals surface area contributed by atoms with Crippen molar-refractivity contribution in [1.82, 2.24) is 0 Å². The first kappa shape index (κ1) is 18.5. The smallest absolute Gasteiger partial charge is 0.344 e. The van der Waals surface area contributed by atoms with Gasteiger partial charge >= 0.3 is 5.97 Å². The third kappa shape index (κ3) is 4.28. The second kappa shape index (κ2) is 7.95. The molecule has 3 aromatic rings. The fraction of sp³-hybridized carbons (Fsp3) is 0.238. The Balaban J connectivity index is 1.85. The monoisotopic (exact) mass is 368 g/mol. The number of esters is 1. The van der Waals surface area contributed by atoms with Gasteiger partial charge in [0.1, 0.15) is 23.3 Å². The van der Waals surface area contributed by atoms with Gasteiger partial charge in [-0.15, -0.1) is 0 Å². The number of hydrogen-bond acceptors (Lipinski definition) is 6. The van der Waals surface area contributed by atoms with Gasteiger partial charge in [0, 0.05) is 6.07 Å². The van der Waals surface area contributed by atoms with Gasteiger partial charge in [0.25, 0.3) is 0 Å². The Labute approximate surface area is 156 Å². The van der Waals surface area contributed by atoms with Crippen molar-refractivity contribution in [3.8, 4) is 17.2 Å². The summed E-state index contributed by atoms with van der Waals surface area (Å²) in [4.78, 5) is 24.1. The van der Waals surface area contributed by atoms with E-state index in [1.807, 2.05) is 32.0 Å². The Morgan fingerprint density at radius 1 is 1.07 bits per heavy atom. The van der Waals surface area contributed by atoms with Crippen LogP contribution in [0.4, 0.5) is 0 Å². The highest BCUT2D eigenvalue weighted by atomic mass is 16.6. The van der Waals surface area contributed by atoms with Crippen LogP contribution in [0.3, 0.4) is 0 Å². The summed E-state index contributed by atoms with van der Waals surface area (Å²) >= 11 is 0. The lowest BCUT2D eigenvalue weighted by Crippen LogP contribution is -2.14. The normalized spacial score (nSPS) is 10.6. The first-order valence-corrected chi connectivity index (χ1v) is 8.57. The second-order valence-corrected chi connectivity index (χ2v) is 6.05. The van der Waals surface area contributed by atoms with E-state index in [0.29, 0.717) is 22.5 Å². The molecule has 0 unspecified atom stereocenters. The Hall–Kier alpha value is -3.28. The summed E-state index contributed by atoms with van der Waals surface area (Å²) in [7, 11) is 0. The molecule has 6 heteroatoms. The molecule has 3 rings (SSSR count). The summed E-state index contributed by atoms with van der Waals surface area (Å²) in [5.74, 6) is 0.658. The SMILES string of the molecule is CCOC(=O)COc1ccc2c(=O)c(Oc3cc(C)ccc3C)coc2c1. The molecule has 0 aliphatic rings. The zero-order valence-corrected chi connectivity index (χ0v) is 15.4. The van der Waals surface area contributed by atoms with Crippen molar-refractivity contribution < 1.29 is 23.4 Å². The fourth-order valence-electron chi connectivity index (χ4n) is 2.53. The molecule has 0 radical (unpaired) electrons. The summed E-state index contributed by atoms with van der Waals surface area (Å²) in [6.07, 6.45) is 1.28. The maximum absolute atomic E-state index is 12.7. The van der Waals surface area contributed by atoms with Crippen molar-refractivity contribution in [3.63, 3.8) is 0 Å². The minimum Gasteiger partial charge on any atom is -0.482 e. The Kier molecular flexibility index (Phi) is 5.45. The van der Waals surface area contributed by atoms with Crippen LogP contribution in [-0.2, 0) is 9.53 Å². The van der Waals surface area contributed by atoms with Gasteiger partial charge in [-0.1, -0.05) is 12.1 Å². The predicted octanol–water partition coefficient (Wildman–Crippen LogP) is 4.14. The maximum Gasteiger partial charge on any atom is 0.344 e. The summed E-state index contributed by atoms with van der Waals surface area (Å²) < 4.78 is 21.5. The van der Waals surface area contributed by atoms with Crippen LogP contribution in [0.15, 0.2) is 51.9 Å². The molecule has 0 spiro atoms. The van der Waals surface area contributed by atoms with Crippen molar-refractivity contribution >= 4 is 16.9 Å². The summed E-state index contributed by atoms with van der Waals surface area (Å²) in [6.45, 7) is 5.66. The summed E-state index contributed by atoms with van der Waals surface area (Å²) in [5, 5.41) is 0.362. The van der Waals surface area contributed by atoms with Crippen LogP contribution in [-0.4, -0.2) is 19.2 Å².